The van der Waals surface area contributed by atoms with E-state index in [0.29, 0.717) is 22.5 Å². The number of nitrogens with two attached hydrogens (primary N) is 1. The van der Waals surface area contributed by atoms with Gasteiger partial charge in [0.1, 0.15) is 0 Å². The molecule has 6 heteroatoms. The highest BCUT2D eigenvalue weighted by Gasteiger charge is 2.32. The predicted molar refractivity (Wildman–Crippen MR) is 61.3 cm³/mol. The van der Waals surface area contributed by atoms with Crippen molar-refractivity contribution < 1.29 is 0 Å². The van der Waals surface area contributed by atoms with Crippen LogP contribution in [0.3, 0.4) is 0 Å². The summed E-state index contributed by atoms with van der Waals surface area (Å²) < 4.78 is 0. The van der Waals surface area contributed by atoms with Gasteiger partial charge in [0.2, 0.25) is 0 Å². The molecule has 3 N–H and O–H groups in total. The van der Waals surface area contributed by atoms with Crippen LogP contribution >= 0.6 is 23.2 Å². The Morgan fingerprint density at radius 1 is 1.40 bits per heavy atom. The molecule has 0 atom stereocenters. The van der Waals surface area contributed by atoms with Gasteiger partial charge in [0, 0.05) is 18.2 Å². The summed E-state index contributed by atoms with van der Waals surface area (Å²) >= 11 is 11.6. The first kappa shape index (κ1) is 10.9. The number of nitrogens with one attached hydrogen (secondary N) is 1. The third-order valence-electron chi connectivity index (χ3n) is 2.70. The third-order valence-corrected chi connectivity index (χ3v) is 3.16. The molecule has 2 rings (SSSR count). The van der Waals surface area contributed by atoms with Crippen molar-refractivity contribution in [1.29, 1.82) is 0 Å². The lowest BCUT2D eigenvalue weighted by Crippen LogP contribution is -2.52. The van der Waals surface area contributed by atoms with Crippen LogP contribution in [0.25, 0.3) is 0 Å². The minimum Gasteiger partial charge on any atom is -0.381 e. The Morgan fingerprint density at radius 2 is 2.13 bits per heavy atom. The fraction of sp³-hybridized carbons (Fsp3) is 0.556. The molecule has 0 bridgehead atoms. The molecule has 4 nitrogen and oxygen atoms in total. The largest absolute Gasteiger partial charge is 0.381 e. The second-order valence-electron chi connectivity index (χ2n) is 3.94. The first-order chi connectivity index (χ1) is 7.09. The molecule has 1 aliphatic rings. The summed E-state index contributed by atoms with van der Waals surface area (Å²) in [5.41, 5.74) is 6.65. The molecule has 1 aliphatic carbocycles. The van der Waals surface area contributed by atoms with E-state index in [2.05, 4.69) is 15.5 Å². The van der Waals surface area contributed by atoms with E-state index in [1.807, 2.05) is 0 Å². The molecule has 0 aromatic carbocycles. The van der Waals surface area contributed by atoms with E-state index < -0.39 is 0 Å². The number of halogens is 2. The zero-order chi connectivity index (χ0) is 10.9. The lowest BCUT2D eigenvalue weighted by Gasteiger charge is -2.38. The van der Waals surface area contributed by atoms with Crippen LogP contribution in [0.5, 0.6) is 0 Å². The Kier molecular flexibility index (Phi) is 3.00. The van der Waals surface area contributed by atoms with Gasteiger partial charge in [-0.15, -0.1) is 10.2 Å². The number of nitrogens with zero attached hydrogens (tertiary/aromatic N) is 2. The van der Waals surface area contributed by atoms with Crippen LogP contribution in [-0.4, -0.2) is 22.3 Å². The van der Waals surface area contributed by atoms with Crippen molar-refractivity contribution in [3.63, 3.8) is 0 Å². The van der Waals surface area contributed by atoms with Gasteiger partial charge in [-0.2, -0.15) is 0 Å². The van der Waals surface area contributed by atoms with Crippen LogP contribution in [0.1, 0.15) is 19.3 Å². The topological polar surface area (TPSA) is 63.8 Å². The van der Waals surface area contributed by atoms with E-state index in [0.717, 1.165) is 12.8 Å². The molecule has 0 aliphatic heterocycles. The first-order valence-corrected chi connectivity index (χ1v) is 5.56. The van der Waals surface area contributed by atoms with Gasteiger partial charge >= 0.3 is 0 Å². The predicted octanol–water partition coefficient (Wildman–Crippen LogP) is 2.08. The average molecular weight is 247 g/mol. The van der Waals surface area contributed by atoms with E-state index >= 15 is 0 Å². The second kappa shape index (κ2) is 4.12. The maximum atomic E-state index is 6.06. The van der Waals surface area contributed by atoms with Crippen LogP contribution in [0.2, 0.25) is 10.3 Å². The van der Waals surface area contributed by atoms with Gasteiger partial charge in [-0.05, 0) is 19.3 Å². The minimum absolute atomic E-state index is 0.0981. The van der Waals surface area contributed by atoms with E-state index in [-0.39, 0.29) is 5.54 Å². The van der Waals surface area contributed by atoms with E-state index in [1.54, 1.807) is 6.07 Å². The van der Waals surface area contributed by atoms with Gasteiger partial charge in [0.25, 0.3) is 0 Å². The van der Waals surface area contributed by atoms with Crippen molar-refractivity contribution in [3.05, 3.63) is 16.4 Å². The number of rotatable bonds is 3. The Hall–Kier alpha value is -0.580. The Labute approximate surface area is 98.2 Å². The van der Waals surface area contributed by atoms with Crippen molar-refractivity contribution in [2.45, 2.75) is 24.8 Å². The fourth-order valence-electron chi connectivity index (χ4n) is 1.56. The summed E-state index contributed by atoms with van der Waals surface area (Å²) in [6, 6.07) is 1.65. The van der Waals surface area contributed by atoms with Crippen LogP contribution in [0.15, 0.2) is 6.07 Å². The van der Waals surface area contributed by atoms with E-state index in [1.165, 1.54) is 6.42 Å². The van der Waals surface area contributed by atoms with Gasteiger partial charge in [-0.25, -0.2) is 0 Å². The molecule has 0 amide bonds. The van der Waals surface area contributed by atoms with Crippen LogP contribution < -0.4 is 11.1 Å². The molecule has 1 aromatic rings. The Bertz CT molecular complexity index is 365. The smallest absolute Gasteiger partial charge is 0.174 e. The molecule has 0 unspecified atom stereocenters. The molecule has 15 heavy (non-hydrogen) atoms. The van der Waals surface area contributed by atoms with Crippen LogP contribution in [0.4, 0.5) is 5.69 Å². The van der Waals surface area contributed by atoms with Crippen molar-refractivity contribution in [3.8, 4) is 0 Å². The van der Waals surface area contributed by atoms with Crippen LogP contribution in [0, 0.1) is 0 Å². The molecule has 1 fully saturated rings. The zero-order valence-corrected chi connectivity index (χ0v) is 9.65. The van der Waals surface area contributed by atoms with Crippen molar-refractivity contribution in [2.24, 2.45) is 5.73 Å². The lowest BCUT2D eigenvalue weighted by atomic mass is 9.78. The molecular formula is C9H12Cl2N4. The van der Waals surface area contributed by atoms with Crippen molar-refractivity contribution >= 4 is 28.9 Å². The summed E-state index contributed by atoms with van der Waals surface area (Å²) in [7, 11) is 0. The highest BCUT2D eigenvalue weighted by molar-refractivity contribution is 6.33. The summed E-state index contributed by atoms with van der Waals surface area (Å²) in [5, 5.41) is 11.1. The monoisotopic (exact) mass is 246 g/mol. The maximum absolute atomic E-state index is 6.06. The normalized spacial score (nSPS) is 18.3. The fourth-order valence-corrected chi connectivity index (χ4v) is 1.86. The molecule has 1 saturated carbocycles. The average Bonchev–Trinajstić information content (AvgIpc) is 2.17. The summed E-state index contributed by atoms with van der Waals surface area (Å²) in [4.78, 5) is 0. The van der Waals surface area contributed by atoms with E-state index in [4.69, 9.17) is 28.9 Å². The van der Waals surface area contributed by atoms with Crippen molar-refractivity contribution in [1.82, 2.24) is 10.2 Å². The first-order valence-electron chi connectivity index (χ1n) is 4.81. The Balaban J connectivity index is 2.01. The summed E-state index contributed by atoms with van der Waals surface area (Å²) in [5.74, 6) is 0. The molecule has 82 valence electrons. The zero-order valence-electron chi connectivity index (χ0n) is 8.13. The summed E-state index contributed by atoms with van der Waals surface area (Å²) in [6.45, 7) is 0.689. The highest BCUT2D eigenvalue weighted by Crippen LogP contribution is 2.30. The van der Waals surface area contributed by atoms with Crippen LogP contribution in [-0.2, 0) is 0 Å². The molecule has 0 radical (unpaired) electrons. The molecule has 0 spiro atoms. The summed E-state index contributed by atoms with van der Waals surface area (Å²) in [6.07, 6.45) is 3.29. The van der Waals surface area contributed by atoms with Gasteiger partial charge in [0.15, 0.2) is 10.3 Å². The Morgan fingerprint density at radius 3 is 2.73 bits per heavy atom. The SMILES string of the molecule is NC1(CNc2cc(Cl)nnc2Cl)CCC1. The molecule has 1 aromatic heterocycles. The highest BCUT2D eigenvalue weighted by atomic mass is 35.5. The van der Waals surface area contributed by atoms with E-state index in [9.17, 15) is 0 Å². The van der Waals surface area contributed by atoms with Gasteiger partial charge in [-0.3, -0.25) is 0 Å². The number of hydrogen-bond donors (Lipinski definition) is 2. The lowest BCUT2D eigenvalue weighted by molar-refractivity contribution is 0.265. The molecule has 1 heterocycles. The number of hydrogen-bond acceptors (Lipinski definition) is 4. The maximum Gasteiger partial charge on any atom is 0.174 e. The quantitative estimate of drug-likeness (QED) is 0.858. The molecular weight excluding hydrogens is 235 g/mol. The van der Waals surface area contributed by atoms with Crippen molar-refractivity contribution in [2.75, 3.05) is 11.9 Å². The number of aromatic nitrogens is 2. The number of anilines is 1. The molecule has 0 saturated heterocycles. The third kappa shape index (κ3) is 2.51. The van der Waals surface area contributed by atoms with Gasteiger partial charge < -0.3 is 11.1 Å². The second-order valence-corrected chi connectivity index (χ2v) is 4.69. The van der Waals surface area contributed by atoms with Gasteiger partial charge in [0.05, 0.1) is 5.69 Å². The van der Waals surface area contributed by atoms with Gasteiger partial charge in [-0.1, -0.05) is 23.2 Å². The minimum atomic E-state index is -0.0981. The standard InChI is InChI=1S/C9H12Cl2N4/c10-7-4-6(8(11)15-14-7)13-5-9(12)2-1-3-9/h4H,1-3,5,12H2,(H,13,14).